The minimum atomic E-state index is 0.176. The van der Waals surface area contributed by atoms with Gasteiger partial charge in [0.25, 0.3) is 0 Å². The molecule has 0 amide bonds. The third kappa shape index (κ3) is 3.00. The number of hydrogen-bond acceptors (Lipinski definition) is 5. The second-order valence-corrected chi connectivity index (χ2v) is 6.04. The third-order valence-corrected chi connectivity index (χ3v) is 4.17. The molecule has 0 aliphatic rings. The Morgan fingerprint density at radius 3 is 2.83 bits per heavy atom. The first kappa shape index (κ1) is 13.3. The van der Waals surface area contributed by atoms with Crippen LogP contribution in [0.4, 0.5) is 5.95 Å². The van der Waals surface area contributed by atoms with E-state index in [4.69, 9.17) is 4.74 Å². The maximum atomic E-state index is 5.14. The maximum Gasteiger partial charge on any atom is 0.232 e. The first-order valence-electron chi connectivity index (χ1n) is 5.49. The fourth-order valence-electron chi connectivity index (χ4n) is 1.52. The summed E-state index contributed by atoms with van der Waals surface area (Å²) < 4.78 is 5.89. The zero-order valence-corrected chi connectivity index (χ0v) is 12.8. The Morgan fingerprint density at radius 2 is 2.22 bits per heavy atom. The molecule has 2 heterocycles. The summed E-state index contributed by atoms with van der Waals surface area (Å²) in [6.07, 6.45) is 1.68. The van der Waals surface area contributed by atoms with E-state index in [1.54, 1.807) is 24.6 Å². The van der Waals surface area contributed by atoms with E-state index in [9.17, 15) is 0 Å². The van der Waals surface area contributed by atoms with E-state index in [1.165, 1.54) is 9.75 Å². The molecule has 1 atom stereocenters. The van der Waals surface area contributed by atoms with Crippen LogP contribution < -0.4 is 10.1 Å². The van der Waals surface area contributed by atoms with Gasteiger partial charge in [-0.3, -0.25) is 0 Å². The molecule has 0 bridgehead atoms. The number of ether oxygens (including phenoxy) is 1. The van der Waals surface area contributed by atoms with Gasteiger partial charge in [0.05, 0.1) is 23.8 Å². The van der Waals surface area contributed by atoms with Gasteiger partial charge < -0.3 is 10.1 Å². The van der Waals surface area contributed by atoms with Crippen molar-refractivity contribution in [1.29, 1.82) is 0 Å². The van der Waals surface area contributed by atoms with Crippen molar-refractivity contribution in [3.8, 4) is 5.88 Å². The maximum absolute atomic E-state index is 5.14. The molecule has 0 fully saturated rings. The van der Waals surface area contributed by atoms with Crippen molar-refractivity contribution in [2.75, 3.05) is 12.4 Å². The topological polar surface area (TPSA) is 47.0 Å². The molecule has 2 aromatic rings. The van der Waals surface area contributed by atoms with Crippen molar-refractivity contribution in [3.05, 3.63) is 32.6 Å². The Labute approximate surface area is 119 Å². The largest absolute Gasteiger partial charge is 0.480 e. The number of rotatable bonds is 4. The molecule has 2 aromatic heterocycles. The molecule has 0 saturated carbocycles. The zero-order chi connectivity index (χ0) is 13.1. The zero-order valence-electron chi connectivity index (χ0n) is 10.4. The number of halogens is 1. The van der Waals surface area contributed by atoms with Gasteiger partial charge in [0.15, 0.2) is 0 Å². The Morgan fingerprint density at radius 1 is 1.44 bits per heavy atom. The average molecular weight is 328 g/mol. The van der Waals surface area contributed by atoms with Crippen LogP contribution in [0.3, 0.4) is 0 Å². The number of aryl methyl sites for hydroxylation is 1. The van der Waals surface area contributed by atoms with E-state index < -0.39 is 0 Å². The first-order valence-corrected chi connectivity index (χ1v) is 7.10. The predicted octanol–water partition coefficient (Wildman–Crippen LogP) is 3.79. The van der Waals surface area contributed by atoms with Gasteiger partial charge >= 0.3 is 0 Å². The van der Waals surface area contributed by atoms with Crippen molar-refractivity contribution >= 4 is 33.2 Å². The Kier molecular flexibility index (Phi) is 4.19. The second kappa shape index (κ2) is 5.67. The number of nitrogens with zero attached hydrogens (tertiary/aromatic N) is 2. The van der Waals surface area contributed by atoms with E-state index in [-0.39, 0.29) is 6.04 Å². The number of thiophene rings is 1. The molecule has 0 aliphatic carbocycles. The van der Waals surface area contributed by atoms with Crippen LogP contribution in [0.2, 0.25) is 0 Å². The summed E-state index contributed by atoms with van der Waals surface area (Å²) in [5.74, 6) is 1.09. The molecular formula is C12H14BrN3OS. The van der Waals surface area contributed by atoms with Crippen molar-refractivity contribution in [2.24, 2.45) is 0 Å². The number of hydrogen-bond donors (Lipinski definition) is 1. The second-order valence-electron chi connectivity index (χ2n) is 3.87. The molecule has 0 saturated heterocycles. The molecule has 2 rings (SSSR count). The summed E-state index contributed by atoms with van der Waals surface area (Å²) in [6.45, 7) is 4.18. The highest BCUT2D eigenvalue weighted by molar-refractivity contribution is 9.10. The molecule has 1 unspecified atom stereocenters. The lowest BCUT2D eigenvalue weighted by Gasteiger charge is -2.12. The summed E-state index contributed by atoms with van der Waals surface area (Å²) in [7, 11) is 1.59. The van der Waals surface area contributed by atoms with Gasteiger partial charge in [0, 0.05) is 9.75 Å². The SMILES string of the molecule is COc1nc(NC(C)c2ccc(C)s2)ncc1Br. The molecule has 18 heavy (non-hydrogen) atoms. The summed E-state index contributed by atoms with van der Waals surface area (Å²) in [6, 6.07) is 4.41. The van der Waals surface area contributed by atoms with Gasteiger partial charge in [0.2, 0.25) is 11.8 Å². The molecule has 96 valence electrons. The Balaban J connectivity index is 2.14. The minimum absolute atomic E-state index is 0.176. The number of aromatic nitrogens is 2. The van der Waals surface area contributed by atoms with E-state index in [1.807, 2.05) is 0 Å². The van der Waals surface area contributed by atoms with Crippen LogP contribution in [-0.4, -0.2) is 17.1 Å². The van der Waals surface area contributed by atoms with Gasteiger partial charge in [-0.15, -0.1) is 11.3 Å². The van der Waals surface area contributed by atoms with Crippen LogP contribution in [0.25, 0.3) is 0 Å². The fraction of sp³-hybridized carbons (Fsp3) is 0.333. The van der Waals surface area contributed by atoms with Crippen LogP contribution in [0.15, 0.2) is 22.8 Å². The van der Waals surface area contributed by atoms with E-state index in [2.05, 4.69) is 57.2 Å². The smallest absolute Gasteiger partial charge is 0.232 e. The fourth-order valence-corrected chi connectivity index (χ4v) is 2.75. The molecule has 0 aromatic carbocycles. The van der Waals surface area contributed by atoms with Crippen molar-refractivity contribution in [1.82, 2.24) is 9.97 Å². The van der Waals surface area contributed by atoms with Crippen molar-refractivity contribution in [2.45, 2.75) is 19.9 Å². The van der Waals surface area contributed by atoms with Crippen LogP contribution >= 0.6 is 27.3 Å². The lowest BCUT2D eigenvalue weighted by atomic mass is 10.3. The highest BCUT2D eigenvalue weighted by atomic mass is 79.9. The first-order chi connectivity index (χ1) is 8.60. The summed E-state index contributed by atoms with van der Waals surface area (Å²) in [5.41, 5.74) is 0. The van der Waals surface area contributed by atoms with E-state index in [0.717, 1.165) is 4.47 Å². The van der Waals surface area contributed by atoms with Crippen LogP contribution in [0, 0.1) is 6.92 Å². The molecule has 4 nitrogen and oxygen atoms in total. The molecule has 0 spiro atoms. The monoisotopic (exact) mass is 327 g/mol. The molecular weight excluding hydrogens is 314 g/mol. The van der Waals surface area contributed by atoms with Gasteiger partial charge in [-0.2, -0.15) is 4.98 Å². The van der Waals surface area contributed by atoms with Crippen LogP contribution in [0.5, 0.6) is 5.88 Å². The summed E-state index contributed by atoms with van der Waals surface area (Å²) in [5, 5.41) is 3.26. The highest BCUT2D eigenvalue weighted by Crippen LogP contribution is 2.26. The third-order valence-electron chi connectivity index (χ3n) is 2.44. The van der Waals surface area contributed by atoms with Crippen molar-refractivity contribution in [3.63, 3.8) is 0 Å². The molecule has 0 aliphatic heterocycles. The predicted molar refractivity (Wildman–Crippen MR) is 77.4 cm³/mol. The Hall–Kier alpha value is -1.14. The van der Waals surface area contributed by atoms with Gasteiger partial charge in [0.1, 0.15) is 0 Å². The highest BCUT2D eigenvalue weighted by Gasteiger charge is 2.11. The van der Waals surface area contributed by atoms with E-state index >= 15 is 0 Å². The lowest BCUT2D eigenvalue weighted by molar-refractivity contribution is 0.394. The summed E-state index contributed by atoms with van der Waals surface area (Å²) >= 11 is 5.10. The molecule has 1 N–H and O–H groups in total. The molecule has 0 radical (unpaired) electrons. The van der Waals surface area contributed by atoms with Crippen molar-refractivity contribution < 1.29 is 4.74 Å². The Bertz CT molecular complexity index is 544. The normalized spacial score (nSPS) is 12.2. The number of nitrogens with one attached hydrogen (secondary N) is 1. The quantitative estimate of drug-likeness (QED) is 0.928. The summed E-state index contributed by atoms with van der Waals surface area (Å²) in [4.78, 5) is 11.1. The van der Waals surface area contributed by atoms with Gasteiger partial charge in [-0.05, 0) is 41.9 Å². The lowest BCUT2D eigenvalue weighted by Crippen LogP contribution is -2.08. The number of anilines is 1. The number of methoxy groups -OCH3 is 1. The van der Waals surface area contributed by atoms with Crippen LogP contribution in [-0.2, 0) is 0 Å². The van der Waals surface area contributed by atoms with Crippen LogP contribution in [0.1, 0.15) is 22.7 Å². The average Bonchev–Trinajstić information content (AvgIpc) is 2.78. The van der Waals surface area contributed by atoms with E-state index in [0.29, 0.717) is 11.8 Å². The van der Waals surface area contributed by atoms with Gasteiger partial charge in [-0.25, -0.2) is 4.98 Å². The standard InChI is InChI=1S/C12H14BrN3OS/c1-7-4-5-10(18-7)8(2)15-12-14-6-9(13)11(16-12)17-3/h4-6,8H,1-3H3,(H,14,15,16). The minimum Gasteiger partial charge on any atom is -0.480 e. The van der Waals surface area contributed by atoms with Gasteiger partial charge in [-0.1, -0.05) is 0 Å². The molecule has 6 heteroatoms.